The molecule has 1 aromatic carbocycles. The number of rotatable bonds is 7. The van der Waals surface area contributed by atoms with E-state index in [1.807, 2.05) is 32.9 Å². The van der Waals surface area contributed by atoms with Crippen LogP contribution in [0.2, 0.25) is 5.15 Å². The second kappa shape index (κ2) is 9.49. The molecule has 2 saturated heterocycles. The Bertz CT molecular complexity index is 1250. The number of carbonyl (C=O) groups is 1. The highest BCUT2D eigenvalue weighted by molar-refractivity contribution is 6.35. The van der Waals surface area contributed by atoms with Crippen molar-refractivity contribution in [2.24, 2.45) is 5.41 Å². The minimum atomic E-state index is -0.511. The zero-order valence-corrected chi connectivity index (χ0v) is 22.6. The fraction of sp³-hybridized carbons (Fsp3) is 0.607. The molecule has 0 radical (unpaired) electrons. The van der Waals surface area contributed by atoms with E-state index in [0.717, 1.165) is 79.3 Å². The van der Waals surface area contributed by atoms with E-state index in [2.05, 4.69) is 33.9 Å². The molecule has 2 aromatic heterocycles. The number of benzene rings is 1. The summed E-state index contributed by atoms with van der Waals surface area (Å²) in [6, 6.07) is 8.18. The Morgan fingerprint density at radius 1 is 1.19 bits per heavy atom. The molecule has 3 aliphatic rings. The van der Waals surface area contributed by atoms with Gasteiger partial charge in [0.15, 0.2) is 5.15 Å². The number of hydrogen-bond acceptors (Lipinski definition) is 5. The number of fused-ring (bicyclic) bond motifs is 6. The maximum atomic E-state index is 12.2. The maximum absolute atomic E-state index is 12.2. The Balaban J connectivity index is 1.40. The van der Waals surface area contributed by atoms with Crippen molar-refractivity contribution in [1.82, 2.24) is 19.9 Å². The number of unbranched alkanes of at least 4 members (excludes halogenated alkanes) is 1. The minimum Gasteiger partial charge on any atom is -0.444 e. The van der Waals surface area contributed by atoms with Crippen molar-refractivity contribution in [2.75, 3.05) is 13.2 Å². The Hall–Kier alpha value is -2.38. The van der Waals surface area contributed by atoms with Crippen LogP contribution < -0.4 is 5.32 Å². The van der Waals surface area contributed by atoms with Gasteiger partial charge in [-0.25, -0.2) is 14.8 Å². The first-order valence-corrected chi connectivity index (χ1v) is 13.5. The van der Waals surface area contributed by atoms with Gasteiger partial charge in [0.05, 0.1) is 23.2 Å². The predicted molar refractivity (Wildman–Crippen MR) is 142 cm³/mol. The summed E-state index contributed by atoms with van der Waals surface area (Å²) in [4.78, 5) is 21.8. The lowest BCUT2D eigenvalue weighted by Gasteiger charge is -2.53. The van der Waals surface area contributed by atoms with E-state index in [9.17, 15) is 4.79 Å². The second-order valence-electron chi connectivity index (χ2n) is 11.7. The average Bonchev–Trinajstić information content (AvgIpc) is 3.20. The van der Waals surface area contributed by atoms with Crippen LogP contribution in [0, 0.1) is 5.41 Å². The molecule has 4 heterocycles. The van der Waals surface area contributed by atoms with Crippen LogP contribution >= 0.6 is 11.6 Å². The van der Waals surface area contributed by atoms with E-state index in [-0.39, 0.29) is 17.1 Å². The molecule has 8 heteroatoms. The van der Waals surface area contributed by atoms with Gasteiger partial charge in [-0.3, -0.25) is 0 Å². The van der Waals surface area contributed by atoms with E-state index in [1.54, 1.807) is 0 Å². The molecule has 1 aliphatic carbocycles. The number of imidazole rings is 1. The van der Waals surface area contributed by atoms with E-state index in [1.165, 1.54) is 0 Å². The van der Waals surface area contributed by atoms with E-state index >= 15 is 0 Å². The van der Waals surface area contributed by atoms with Crippen molar-refractivity contribution in [3.63, 3.8) is 0 Å². The third kappa shape index (κ3) is 4.92. The van der Waals surface area contributed by atoms with Crippen molar-refractivity contribution in [2.45, 2.75) is 90.4 Å². The van der Waals surface area contributed by atoms with Gasteiger partial charge in [0.2, 0.25) is 0 Å². The van der Waals surface area contributed by atoms with Crippen molar-refractivity contribution in [1.29, 1.82) is 0 Å². The van der Waals surface area contributed by atoms with Crippen LogP contribution in [0.5, 0.6) is 0 Å². The molecule has 0 spiro atoms. The van der Waals surface area contributed by atoms with E-state index in [0.29, 0.717) is 18.3 Å². The third-order valence-electron chi connectivity index (χ3n) is 7.73. The number of pyridine rings is 1. The molecule has 1 saturated carbocycles. The van der Waals surface area contributed by atoms with Crippen molar-refractivity contribution in [3.8, 4) is 0 Å². The first kappa shape index (κ1) is 25.3. The molecular weight excluding hydrogens is 476 g/mol. The van der Waals surface area contributed by atoms with Gasteiger partial charge in [0.1, 0.15) is 16.9 Å². The maximum Gasteiger partial charge on any atom is 0.407 e. The summed E-state index contributed by atoms with van der Waals surface area (Å²) in [5.41, 5.74) is 2.00. The number of para-hydroxylation sites is 1. The molecule has 0 atom stereocenters. The number of nitrogens with one attached hydrogen (secondary N) is 1. The molecule has 3 fully saturated rings. The van der Waals surface area contributed by atoms with Crippen LogP contribution in [0.3, 0.4) is 0 Å². The number of nitrogens with zero attached hydrogens (tertiary/aromatic N) is 3. The van der Waals surface area contributed by atoms with Gasteiger partial charge < -0.3 is 19.4 Å². The monoisotopic (exact) mass is 512 g/mol. The Morgan fingerprint density at radius 3 is 2.61 bits per heavy atom. The lowest BCUT2D eigenvalue weighted by atomic mass is 9.66. The summed E-state index contributed by atoms with van der Waals surface area (Å²) in [5, 5.41) is 4.50. The molecule has 3 aromatic rings. The third-order valence-corrected chi connectivity index (χ3v) is 7.99. The molecule has 0 unspecified atom stereocenters. The number of aromatic nitrogens is 3. The number of hydrogen-bond donors (Lipinski definition) is 1. The number of amides is 1. The highest BCUT2D eigenvalue weighted by Gasteiger charge is 2.50. The van der Waals surface area contributed by atoms with Crippen LogP contribution in [-0.4, -0.2) is 45.0 Å². The fourth-order valence-electron chi connectivity index (χ4n) is 5.69. The van der Waals surface area contributed by atoms with Gasteiger partial charge >= 0.3 is 6.09 Å². The van der Waals surface area contributed by atoms with Crippen LogP contribution in [0.4, 0.5) is 4.79 Å². The number of carbonyl (C=O) groups excluding carboxylic acids is 1. The largest absolute Gasteiger partial charge is 0.444 e. The Morgan fingerprint density at radius 2 is 1.94 bits per heavy atom. The van der Waals surface area contributed by atoms with Crippen LogP contribution in [0.1, 0.15) is 72.0 Å². The molecule has 7 nitrogen and oxygen atoms in total. The van der Waals surface area contributed by atoms with Crippen LogP contribution in [0.25, 0.3) is 21.9 Å². The highest BCUT2D eigenvalue weighted by atomic mass is 35.5. The van der Waals surface area contributed by atoms with E-state index < -0.39 is 5.60 Å². The minimum absolute atomic E-state index is 0.0408. The van der Waals surface area contributed by atoms with Crippen molar-refractivity contribution >= 4 is 39.6 Å². The molecule has 1 N–H and O–H groups in total. The molecule has 6 rings (SSSR count). The Kier molecular flexibility index (Phi) is 6.66. The quantitative estimate of drug-likeness (QED) is 0.369. The van der Waals surface area contributed by atoms with Crippen LogP contribution in [0.15, 0.2) is 24.3 Å². The number of alkyl carbamates (subject to hydrolysis) is 1. The molecule has 36 heavy (non-hydrogen) atoms. The van der Waals surface area contributed by atoms with Crippen LogP contribution in [-0.2, 0) is 22.4 Å². The highest BCUT2D eigenvalue weighted by Crippen LogP contribution is 2.50. The topological polar surface area (TPSA) is 78.3 Å². The molecule has 2 bridgehead atoms. The molecule has 194 valence electrons. The standard InChI is InChI=1S/C28H37ClN4O3/c1-5-6-11-21-32-22-23(19-9-7-8-10-20(19)31-24(22)29)33(21)17-27-12-14-28(15-13-27,35-18-27)16-30-25(34)36-26(2,3)4/h7-10H,5-6,11-18H2,1-4H3,(H,30,34). The lowest BCUT2D eigenvalue weighted by Crippen LogP contribution is -2.57. The van der Waals surface area contributed by atoms with E-state index in [4.69, 9.17) is 26.1 Å². The first-order valence-electron chi connectivity index (χ1n) is 13.2. The van der Waals surface area contributed by atoms with Gasteiger partial charge in [0.25, 0.3) is 0 Å². The predicted octanol–water partition coefficient (Wildman–Crippen LogP) is 6.43. The molecule has 1 amide bonds. The summed E-state index contributed by atoms with van der Waals surface area (Å²) < 4.78 is 14.3. The number of ether oxygens (including phenoxy) is 2. The van der Waals surface area contributed by atoms with Crippen molar-refractivity contribution in [3.05, 3.63) is 35.2 Å². The van der Waals surface area contributed by atoms with Crippen molar-refractivity contribution < 1.29 is 14.3 Å². The first-order chi connectivity index (χ1) is 17.1. The zero-order chi connectivity index (χ0) is 25.6. The zero-order valence-electron chi connectivity index (χ0n) is 21.8. The lowest BCUT2D eigenvalue weighted by molar-refractivity contribution is -0.184. The average molecular weight is 513 g/mol. The second-order valence-corrected chi connectivity index (χ2v) is 12.0. The number of aryl methyl sites for hydroxylation is 1. The SMILES string of the molecule is CCCCc1nc2c(Cl)nc3ccccc3c2n1CC12CCC(CNC(=O)OC(C)(C)C)(CC1)OC2. The summed E-state index contributed by atoms with van der Waals surface area (Å²) in [7, 11) is 0. The van der Waals surface area contributed by atoms with Gasteiger partial charge in [-0.1, -0.05) is 43.1 Å². The summed E-state index contributed by atoms with van der Waals surface area (Å²) in [5.74, 6) is 1.08. The smallest absolute Gasteiger partial charge is 0.407 e. The normalized spacial score (nSPS) is 23.9. The van der Waals surface area contributed by atoms with Gasteiger partial charge in [-0.2, -0.15) is 0 Å². The van der Waals surface area contributed by atoms with Gasteiger partial charge in [-0.05, 0) is 58.9 Å². The van der Waals surface area contributed by atoms with Gasteiger partial charge in [0, 0.05) is 30.3 Å². The summed E-state index contributed by atoms with van der Waals surface area (Å²) in [6.07, 6.45) is 6.65. The van der Waals surface area contributed by atoms with Gasteiger partial charge in [-0.15, -0.1) is 0 Å². The Labute approximate surface area is 217 Å². The fourth-order valence-corrected chi connectivity index (χ4v) is 5.91. The number of halogens is 1. The molecular formula is C28H37ClN4O3. The molecule has 2 aliphatic heterocycles. The summed E-state index contributed by atoms with van der Waals surface area (Å²) >= 11 is 6.64. The summed E-state index contributed by atoms with van der Waals surface area (Å²) in [6.45, 7) is 9.83.